The van der Waals surface area contributed by atoms with Crippen LogP contribution < -0.4 is 15.1 Å². The highest BCUT2D eigenvalue weighted by molar-refractivity contribution is 5.76. The van der Waals surface area contributed by atoms with E-state index < -0.39 is 18.5 Å². The maximum atomic E-state index is 12.2. The summed E-state index contributed by atoms with van der Waals surface area (Å²) in [4.78, 5) is 27.7. The molecule has 128 valence electrons. The maximum absolute atomic E-state index is 12.2. The molecule has 1 fully saturated rings. The van der Waals surface area contributed by atoms with E-state index in [9.17, 15) is 18.0 Å². The Bertz CT molecular complexity index is 557. The van der Waals surface area contributed by atoms with Crippen molar-refractivity contribution in [3.63, 3.8) is 0 Å². The summed E-state index contributed by atoms with van der Waals surface area (Å²) in [6.07, 6.45) is -3.96. The van der Waals surface area contributed by atoms with Gasteiger partial charge in [0.05, 0.1) is 6.54 Å². The van der Waals surface area contributed by atoms with Gasteiger partial charge in [-0.05, 0) is 12.8 Å². The first kappa shape index (κ1) is 17.2. The Labute approximate surface area is 131 Å². The molecule has 23 heavy (non-hydrogen) atoms. The Balaban J connectivity index is 2.09. The van der Waals surface area contributed by atoms with Crippen molar-refractivity contribution < 1.29 is 18.0 Å². The molecule has 2 rings (SSSR count). The third-order valence-electron chi connectivity index (χ3n) is 3.25. The first-order chi connectivity index (χ1) is 10.7. The highest BCUT2D eigenvalue weighted by Gasteiger charge is 2.31. The first-order valence-electron chi connectivity index (χ1n) is 7.25. The molecular weight excluding hydrogens is 313 g/mol. The molecule has 0 spiro atoms. The molecule has 1 aliphatic heterocycles. The fourth-order valence-electron chi connectivity index (χ4n) is 2.16. The zero-order chi connectivity index (χ0) is 17.0. The van der Waals surface area contributed by atoms with Crippen LogP contribution >= 0.6 is 0 Å². The van der Waals surface area contributed by atoms with Gasteiger partial charge in [-0.2, -0.15) is 28.1 Å². The zero-order valence-corrected chi connectivity index (χ0v) is 13.0. The minimum absolute atomic E-state index is 0.168. The van der Waals surface area contributed by atoms with Crippen LogP contribution in [0.5, 0.6) is 0 Å². The lowest BCUT2D eigenvalue weighted by atomic mass is 10.4. The van der Waals surface area contributed by atoms with E-state index in [1.54, 1.807) is 19.0 Å². The molecule has 1 saturated heterocycles. The van der Waals surface area contributed by atoms with Crippen LogP contribution in [-0.2, 0) is 11.3 Å². The van der Waals surface area contributed by atoms with Crippen LogP contribution in [0.1, 0.15) is 25.1 Å². The van der Waals surface area contributed by atoms with E-state index in [4.69, 9.17) is 0 Å². The second kappa shape index (κ2) is 6.97. The van der Waals surface area contributed by atoms with Crippen molar-refractivity contribution in [3.05, 3.63) is 5.82 Å². The molecule has 0 aromatic carbocycles. The van der Waals surface area contributed by atoms with Crippen molar-refractivity contribution in [1.29, 1.82) is 0 Å². The van der Waals surface area contributed by atoms with Gasteiger partial charge >= 0.3 is 6.18 Å². The van der Waals surface area contributed by atoms with Gasteiger partial charge in [-0.1, -0.05) is 0 Å². The number of nitrogens with one attached hydrogen (secondary N) is 1. The van der Waals surface area contributed by atoms with E-state index >= 15 is 0 Å². The van der Waals surface area contributed by atoms with Crippen molar-refractivity contribution >= 4 is 17.8 Å². The number of alkyl halides is 3. The van der Waals surface area contributed by atoms with E-state index in [0.29, 0.717) is 11.9 Å². The second-order valence-corrected chi connectivity index (χ2v) is 5.51. The van der Waals surface area contributed by atoms with Crippen molar-refractivity contribution in [2.24, 2.45) is 0 Å². The summed E-state index contributed by atoms with van der Waals surface area (Å²) < 4.78 is 36.5. The highest BCUT2D eigenvalue weighted by atomic mass is 19.4. The van der Waals surface area contributed by atoms with Crippen LogP contribution in [0.25, 0.3) is 0 Å². The summed E-state index contributed by atoms with van der Waals surface area (Å²) in [5.41, 5.74) is 0. The van der Waals surface area contributed by atoms with Gasteiger partial charge in [0.1, 0.15) is 6.42 Å². The number of halogens is 3. The standard InChI is InChI=1S/C13H19F3N6O/c1-21(2)11-18-9(8-17-10(23)7-13(14,15)16)19-12(20-11)22-5-3-4-6-22/h3-8H2,1-2H3,(H,17,23). The predicted octanol–water partition coefficient (Wildman–Crippen LogP) is 1.11. The van der Waals surface area contributed by atoms with E-state index in [1.165, 1.54) is 0 Å². The van der Waals surface area contributed by atoms with Crippen LogP contribution in [0.3, 0.4) is 0 Å². The first-order valence-corrected chi connectivity index (χ1v) is 7.25. The molecule has 1 aromatic heterocycles. The largest absolute Gasteiger partial charge is 0.397 e. The minimum Gasteiger partial charge on any atom is -0.349 e. The van der Waals surface area contributed by atoms with Gasteiger partial charge in [0.2, 0.25) is 17.8 Å². The lowest BCUT2D eigenvalue weighted by Crippen LogP contribution is -2.30. The van der Waals surface area contributed by atoms with Crippen molar-refractivity contribution in [3.8, 4) is 0 Å². The molecule has 1 aliphatic rings. The number of amides is 1. The molecule has 7 nitrogen and oxygen atoms in total. The van der Waals surface area contributed by atoms with Crippen LogP contribution in [0.2, 0.25) is 0 Å². The summed E-state index contributed by atoms with van der Waals surface area (Å²) in [6, 6.07) is 0. The van der Waals surface area contributed by atoms with Gasteiger partial charge in [0, 0.05) is 27.2 Å². The van der Waals surface area contributed by atoms with Crippen LogP contribution in [-0.4, -0.2) is 54.2 Å². The molecule has 1 N–H and O–H groups in total. The van der Waals surface area contributed by atoms with Gasteiger partial charge in [0.25, 0.3) is 0 Å². The molecule has 1 aromatic rings. The quantitative estimate of drug-likeness (QED) is 0.871. The molecular formula is C13H19F3N6O. The minimum atomic E-state index is -4.53. The summed E-state index contributed by atoms with van der Waals surface area (Å²) in [5.74, 6) is 0.0244. The fourth-order valence-corrected chi connectivity index (χ4v) is 2.16. The van der Waals surface area contributed by atoms with Crippen LogP contribution in [0.4, 0.5) is 25.1 Å². The fraction of sp³-hybridized carbons (Fsp3) is 0.692. The molecule has 0 radical (unpaired) electrons. The Morgan fingerprint density at radius 2 is 1.87 bits per heavy atom. The number of carbonyl (C=O) groups excluding carboxylic acids is 1. The smallest absolute Gasteiger partial charge is 0.349 e. The topological polar surface area (TPSA) is 74.2 Å². The Kier molecular flexibility index (Phi) is 5.22. The van der Waals surface area contributed by atoms with Crippen molar-refractivity contribution in [2.75, 3.05) is 37.0 Å². The molecule has 2 heterocycles. The van der Waals surface area contributed by atoms with E-state index in [2.05, 4.69) is 20.3 Å². The van der Waals surface area contributed by atoms with Crippen LogP contribution in [0, 0.1) is 0 Å². The van der Waals surface area contributed by atoms with Gasteiger partial charge in [0.15, 0.2) is 5.82 Å². The Morgan fingerprint density at radius 3 is 2.43 bits per heavy atom. The third-order valence-corrected chi connectivity index (χ3v) is 3.25. The summed E-state index contributed by atoms with van der Waals surface area (Å²) >= 11 is 0. The Morgan fingerprint density at radius 1 is 1.22 bits per heavy atom. The Hall–Kier alpha value is -2.13. The summed E-state index contributed by atoms with van der Waals surface area (Å²) in [7, 11) is 3.52. The number of anilines is 2. The van der Waals surface area contributed by atoms with E-state index in [-0.39, 0.29) is 12.4 Å². The van der Waals surface area contributed by atoms with Crippen LogP contribution in [0.15, 0.2) is 0 Å². The number of nitrogens with zero attached hydrogens (tertiary/aromatic N) is 5. The normalized spacial score (nSPS) is 14.9. The third kappa shape index (κ3) is 5.22. The molecule has 0 atom stereocenters. The van der Waals surface area contributed by atoms with Crippen molar-refractivity contribution in [1.82, 2.24) is 20.3 Å². The van der Waals surface area contributed by atoms with Crippen molar-refractivity contribution in [2.45, 2.75) is 32.0 Å². The average molecular weight is 332 g/mol. The number of hydrogen-bond acceptors (Lipinski definition) is 6. The highest BCUT2D eigenvalue weighted by Crippen LogP contribution is 2.20. The number of rotatable bonds is 5. The molecule has 0 aliphatic carbocycles. The van der Waals surface area contributed by atoms with Gasteiger partial charge in [-0.25, -0.2) is 0 Å². The molecule has 0 unspecified atom stereocenters. The summed E-state index contributed by atoms with van der Waals surface area (Å²) in [6.45, 7) is 1.49. The monoisotopic (exact) mass is 332 g/mol. The zero-order valence-electron chi connectivity index (χ0n) is 13.0. The molecule has 0 saturated carbocycles. The number of hydrogen-bond donors (Lipinski definition) is 1. The average Bonchev–Trinajstić information content (AvgIpc) is 2.97. The van der Waals surface area contributed by atoms with Gasteiger partial charge in [-0.15, -0.1) is 0 Å². The SMILES string of the molecule is CN(C)c1nc(CNC(=O)CC(F)(F)F)nc(N2CCCC2)n1. The lowest BCUT2D eigenvalue weighted by molar-refractivity contribution is -0.153. The van der Waals surface area contributed by atoms with E-state index in [0.717, 1.165) is 25.9 Å². The number of aromatic nitrogens is 3. The molecule has 0 bridgehead atoms. The molecule has 1 amide bonds. The second-order valence-electron chi connectivity index (χ2n) is 5.51. The lowest BCUT2D eigenvalue weighted by Gasteiger charge is -2.19. The molecule has 10 heteroatoms. The van der Waals surface area contributed by atoms with Gasteiger partial charge in [-0.3, -0.25) is 4.79 Å². The summed E-state index contributed by atoms with van der Waals surface area (Å²) in [5, 5.41) is 2.19. The van der Waals surface area contributed by atoms with E-state index in [1.807, 2.05) is 4.90 Å². The van der Waals surface area contributed by atoms with Gasteiger partial charge < -0.3 is 15.1 Å². The maximum Gasteiger partial charge on any atom is 0.397 e. The number of carbonyl (C=O) groups is 1. The predicted molar refractivity (Wildman–Crippen MR) is 78.1 cm³/mol.